The summed E-state index contributed by atoms with van der Waals surface area (Å²) in [5, 5.41) is 9.16. The molecule has 0 fully saturated rings. The largest absolute Gasteiger partial charge is 0.460 e. The summed E-state index contributed by atoms with van der Waals surface area (Å²) < 4.78 is 5.21. The van der Waals surface area contributed by atoms with E-state index in [0.717, 1.165) is 5.56 Å². The van der Waals surface area contributed by atoms with Crippen molar-refractivity contribution in [2.24, 2.45) is 0 Å². The molecule has 4 heteroatoms. The van der Waals surface area contributed by atoms with Crippen LogP contribution in [0.25, 0.3) is 0 Å². The summed E-state index contributed by atoms with van der Waals surface area (Å²) in [5.74, 6) is -0.233. The molecule has 1 aromatic rings. The van der Waals surface area contributed by atoms with Crippen molar-refractivity contribution >= 4 is 17.6 Å². The van der Waals surface area contributed by atoms with E-state index in [9.17, 15) is 4.79 Å². The zero-order valence-electron chi connectivity index (χ0n) is 10.8. The SMILES string of the molecule is CC(C)(C)OC(=O)CCc1ccc(C#N)c(Cl)c1. The third-order valence-electron chi connectivity index (χ3n) is 2.19. The lowest BCUT2D eigenvalue weighted by molar-refractivity contribution is -0.154. The molecule has 0 aliphatic rings. The molecule has 96 valence electrons. The zero-order valence-corrected chi connectivity index (χ0v) is 11.5. The fourth-order valence-corrected chi connectivity index (χ4v) is 1.69. The number of aryl methyl sites for hydroxylation is 1. The Hall–Kier alpha value is -1.53. The molecule has 3 nitrogen and oxygen atoms in total. The van der Waals surface area contributed by atoms with Crippen LogP contribution in [0.5, 0.6) is 0 Å². The quantitative estimate of drug-likeness (QED) is 0.786. The van der Waals surface area contributed by atoms with Gasteiger partial charge in [-0.3, -0.25) is 4.79 Å². The highest BCUT2D eigenvalue weighted by Crippen LogP contribution is 2.18. The number of carbonyl (C=O) groups excluding carboxylic acids is 1. The maximum absolute atomic E-state index is 11.5. The Balaban J connectivity index is 2.57. The molecular formula is C14H16ClNO2. The van der Waals surface area contributed by atoms with Gasteiger partial charge in [-0.25, -0.2) is 0 Å². The van der Waals surface area contributed by atoms with Gasteiger partial charge in [-0.1, -0.05) is 17.7 Å². The van der Waals surface area contributed by atoms with Crippen molar-refractivity contribution in [1.82, 2.24) is 0 Å². The van der Waals surface area contributed by atoms with Gasteiger partial charge in [-0.2, -0.15) is 5.26 Å². The number of hydrogen-bond acceptors (Lipinski definition) is 3. The molecular weight excluding hydrogens is 250 g/mol. The Bertz CT molecular complexity index is 484. The molecule has 18 heavy (non-hydrogen) atoms. The summed E-state index contributed by atoms with van der Waals surface area (Å²) in [4.78, 5) is 11.5. The molecule has 0 bridgehead atoms. The number of rotatable bonds is 3. The van der Waals surface area contributed by atoms with Crippen LogP contribution >= 0.6 is 11.6 Å². The molecule has 0 N–H and O–H groups in total. The van der Waals surface area contributed by atoms with Gasteiger partial charge in [0.25, 0.3) is 0 Å². The number of benzene rings is 1. The Labute approximate surface area is 112 Å². The molecule has 1 aromatic carbocycles. The van der Waals surface area contributed by atoms with Crippen molar-refractivity contribution in [2.75, 3.05) is 0 Å². The number of carbonyl (C=O) groups is 1. The van der Waals surface area contributed by atoms with Gasteiger partial charge in [-0.05, 0) is 44.9 Å². The van der Waals surface area contributed by atoms with Gasteiger partial charge in [0.1, 0.15) is 11.7 Å². The molecule has 0 heterocycles. The van der Waals surface area contributed by atoms with Crippen molar-refractivity contribution < 1.29 is 9.53 Å². The van der Waals surface area contributed by atoms with Gasteiger partial charge in [0.15, 0.2) is 0 Å². The van der Waals surface area contributed by atoms with Crippen molar-refractivity contribution in [2.45, 2.75) is 39.2 Å². The van der Waals surface area contributed by atoms with Gasteiger partial charge < -0.3 is 4.74 Å². The predicted molar refractivity (Wildman–Crippen MR) is 70.3 cm³/mol. The van der Waals surface area contributed by atoms with Crippen LogP contribution in [0.15, 0.2) is 18.2 Å². The number of esters is 1. The monoisotopic (exact) mass is 265 g/mol. The van der Waals surface area contributed by atoms with Crippen LogP contribution in [-0.2, 0) is 16.0 Å². The van der Waals surface area contributed by atoms with Crippen LogP contribution in [-0.4, -0.2) is 11.6 Å². The molecule has 0 spiro atoms. The maximum Gasteiger partial charge on any atom is 0.306 e. The van der Waals surface area contributed by atoms with E-state index in [0.29, 0.717) is 23.4 Å². The van der Waals surface area contributed by atoms with Crippen LogP contribution in [0, 0.1) is 11.3 Å². The molecule has 0 atom stereocenters. The number of nitrogens with zero attached hydrogens (tertiary/aromatic N) is 1. The van der Waals surface area contributed by atoms with Crippen LogP contribution in [0.4, 0.5) is 0 Å². The summed E-state index contributed by atoms with van der Waals surface area (Å²) in [5.41, 5.74) is 0.905. The third-order valence-corrected chi connectivity index (χ3v) is 2.50. The highest BCUT2D eigenvalue weighted by Gasteiger charge is 2.16. The second kappa shape index (κ2) is 5.88. The van der Waals surface area contributed by atoms with Crippen molar-refractivity contribution in [3.63, 3.8) is 0 Å². The lowest BCUT2D eigenvalue weighted by Crippen LogP contribution is -2.24. The zero-order chi connectivity index (χ0) is 13.8. The predicted octanol–water partition coefficient (Wildman–Crippen LogP) is 3.49. The van der Waals surface area contributed by atoms with Crippen molar-refractivity contribution in [1.29, 1.82) is 5.26 Å². The van der Waals surface area contributed by atoms with Crippen molar-refractivity contribution in [3.05, 3.63) is 34.3 Å². The second-order valence-electron chi connectivity index (χ2n) is 5.01. The van der Waals surface area contributed by atoms with E-state index in [-0.39, 0.29) is 5.97 Å². The second-order valence-corrected chi connectivity index (χ2v) is 5.42. The molecule has 0 saturated heterocycles. The highest BCUT2D eigenvalue weighted by molar-refractivity contribution is 6.31. The topological polar surface area (TPSA) is 50.1 Å². The van der Waals surface area contributed by atoms with E-state index >= 15 is 0 Å². The fraction of sp³-hybridized carbons (Fsp3) is 0.429. The van der Waals surface area contributed by atoms with Crippen LogP contribution < -0.4 is 0 Å². The number of nitriles is 1. The van der Waals surface area contributed by atoms with Gasteiger partial charge in [0, 0.05) is 6.42 Å². The minimum atomic E-state index is -0.459. The Morgan fingerprint density at radius 2 is 2.11 bits per heavy atom. The first-order valence-electron chi connectivity index (χ1n) is 5.72. The van der Waals surface area contributed by atoms with E-state index in [1.165, 1.54) is 0 Å². The Kier molecular flexibility index (Phi) is 4.75. The minimum absolute atomic E-state index is 0.233. The first kappa shape index (κ1) is 14.5. The summed E-state index contributed by atoms with van der Waals surface area (Å²) in [6.45, 7) is 5.51. The Morgan fingerprint density at radius 3 is 2.61 bits per heavy atom. The molecule has 0 aromatic heterocycles. The summed E-state index contributed by atoms with van der Waals surface area (Å²) in [6.07, 6.45) is 0.861. The minimum Gasteiger partial charge on any atom is -0.460 e. The van der Waals surface area contributed by atoms with Crippen molar-refractivity contribution in [3.8, 4) is 6.07 Å². The number of ether oxygens (including phenoxy) is 1. The van der Waals surface area contributed by atoms with Gasteiger partial charge >= 0.3 is 5.97 Å². The summed E-state index contributed by atoms with van der Waals surface area (Å²) in [6, 6.07) is 7.17. The standard InChI is InChI=1S/C14H16ClNO2/c1-14(2,3)18-13(17)7-5-10-4-6-11(9-16)12(15)8-10/h4,6,8H,5,7H2,1-3H3. The number of hydrogen-bond donors (Lipinski definition) is 0. The highest BCUT2D eigenvalue weighted by atomic mass is 35.5. The van der Waals surface area contributed by atoms with Gasteiger partial charge in [-0.15, -0.1) is 0 Å². The average molecular weight is 266 g/mol. The van der Waals surface area contributed by atoms with E-state index < -0.39 is 5.60 Å². The van der Waals surface area contributed by atoms with Gasteiger partial charge in [0.05, 0.1) is 10.6 Å². The first-order chi connectivity index (χ1) is 8.31. The van der Waals surface area contributed by atoms with E-state index in [1.54, 1.807) is 18.2 Å². The molecule has 0 amide bonds. The van der Waals surface area contributed by atoms with Gasteiger partial charge in [0.2, 0.25) is 0 Å². The molecule has 0 aliphatic heterocycles. The molecule has 0 radical (unpaired) electrons. The lowest BCUT2D eigenvalue weighted by Gasteiger charge is -2.19. The van der Waals surface area contributed by atoms with Crippen LogP contribution in [0.2, 0.25) is 5.02 Å². The Morgan fingerprint density at radius 1 is 1.44 bits per heavy atom. The number of halogens is 1. The van der Waals surface area contributed by atoms with Crippen LogP contribution in [0.3, 0.4) is 0 Å². The maximum atomic E-state index is 11.5. The molecule has 0 aliphatic carbocycles. The molecule has 1 rings (SSSR count). The van der Waals surface area contributed by atoms with Crippen LogP contribution in [0.1, 0.15) is 38.3 Å². The first-order valence-corrected chi connectivity index (χ1v) is 6.10. The smallest absolute Gasteiger partial charge is 0.306 e. The lowest BCUT2D eigenvalue weighted by atomic mass is 10.1. The normalized spacial score (nSPS) is 10.8. The summed E-state index contributed by atoms with van der Waals surface area (Å²) >= 11 is 5.91. The average Bonchev–Trinajstić information content (AvgIpc) is 2.24. The van der Waals surface area contributed by atoms with E-state index in [1.807, 2.05) is 26.8 Å². The third kappa shape index (κ3) is 4.77. The molecule has 0 unspecified atom stereocenters. The fourth-order valence-electron chi connectivity index (χ4n) is 1.44. The van der Waals surface area contributed by atoms with E-state index in [2.05, 4.69) is 0 Å². The molecule has 0 saturated carbocycles. The summed E-state index contributed by atoms with van der Waals surface area (Å²) in [7, 11) is 0. The van der Waals surface area contributed by atoms with E-state index in [4.69, 9.17) is 21.6 Å².